The summed E-state index contributed by atoms with van der Waals surface area (Å²) < 4.78 is 38.9. The maximum Gasteiger partial charge on any atom is 0.433 e. The number of nitrogens with zero attached hydrogens (tertiary/aromatic N) is 1. The number of amides is 1. The van der Waals surface area contributed by atoms with Crippen LogP contribution in [0.3, 0.4) is 0 Å². The minimum Gasteiger partial charge on any atom is -0.397 e. The molecule has 0 atom stereocenters. The van der Waals surface area contributed by atoms with Crippen LogP contribution in [0.5, 0.6) is 0 Å². The molecule has 0 spiro atoms. The van der Waals surface area contributed by atoms with Crippen molar-refractivity contribution in [3.05, 3.63) is 52.0 Å². The molecule has 26 heavy (non-hydrogen) atoms. The molecule has 3 aromatic rings. The number of hydrogen-bond donors (Lipinski definition) is 2. The van der Waals surface area contributed by atoms with Gasteiger partial charge in [0.25, 0.3) is 5.91 Å². The Balaban J connectivity index is 2.04. The average molecular weight is 379 g/mol. The monoisotopic (exact) mass is 379 g/mol. The number of para-hydroxylation sites is 1. The lowest BCUT2D eigenvalue weighted by atomic mass is 10.1. The van der Waals surface area contributed by atoms with E-state index in [2.05, 4.69) is 10.3 Å². The van der Waals surface area contributed by atoms with Crippen molar-refractivity contribution in [2.45, 2.75) is 26.4 Å². The van der Waals surface area contributed by atoms with Gasteiger partial charge in [0.2, 0.25) is 0 Å². The zero-order valence-corrected chi connectivity index (χ0v) is 14.9. The van der Waals surface area contributed by atoms with Gasteiger partial charge in [-0.1, -0.05) is 25.1 Å². The molecule has 136 valence electrons. The van der Waals surface area contributed by atoms with Crippen molar-refractivity contribution in [3.8, 4) is 0 Å². The number of thiophene rings is 1. The number of anilines is 2. The Hall–Kier alpha value is -2.61. The predicted octanol–water partition coefficient (Wildman–Crippen LogP) is 5.02. The largest absolute Gasteiger partial charge is 0.433 e. The lowest BCUT2D eigenvalue weighted by Gasteiger charge is -2.09. The molecular formula is C18H16F3N3OS. The Morgan fingerprint density at radius 2 is 2.00 bits per heavy atom. The van der Waals surface area contributed by atoms with Gasteiger partial charge >= 0.3 is 6.18 Å². The van der Waals surface area contributed by atoms with Crippen molar-refractivity contribution < 1.29 is 18.0 Å². The third-order valence-corrected chi connectivity index (χ3v) is 5.14. The van der Waals surface area contributed by atoms with Gasteiger partial charge in [0.15, 0.2) is 0 Å². The first-order valence-corrected chi connectivity index (χ1v) is 8.70. The van der Waals surface area contributed by atoms with E-state index in [4.69, 9.17) is 5.73 Å². The molecule has 3 N–H and O–H groups in total. The van der Waals surface area contributed by atoms with Crippen LogP contribution in [0.4, 0.5) is 24.5 Å². The van der Waals surface area contributed by atoms with Crippen molar-refractivity contribution in [2.24, 2.45) is 0 Å². The molecule has 0 aliphatic heterocycles. The smallest absolute Gasteiger partial charge is 0.397 e. The number of nitrogens with two attached hydrogens (primary N) is 1. The van der Waals surface area contributed by atoms with Crippen molar-refractivity contribution >= 4 is 38.8 Å². The van der Waals surface area contributed by atoms with Gasteiger partial charge in [-0.2, -0.15) is 13.2 Å². The molecule has 0 saturated heterocycles. The zero-order valence-electron chi connectivity index (χ0n) is 14.1. The highest BCUT2D eigenvalue weighted by atomic mass is 32.1. The van der Waals surface area contributed by atoms with Crippen molar-refractivity contribution in [3.63, 3.8) is 0 Å². The second-order valence-electron chi connectivity index (χ2n) is 5.81. The van der Waals surface area contributed by atoms with Gasteiger partial charge < -0.3 is 11.1 Å². The van der Waals surface area contributed by atoms with E-state index in [1.54, 1.807) is 12.1 Å². The molecule has 3 rings (SSSR count). The number of nitrogens with one attached hydrogen (secondary N) is 1. The fourth-order valence-corrected chi connectivity index (χ4v) is 3.82. The zero-order chi connectivity index (χ0) is 19.1. The Bertz CT molecular complexity index is 995. The topological polar surface area (TPSA) is 68.0 Å². The van der Waals surface area contributed by atoms with Crippen LogP contribution in [0.1, 0.15) is 33.4 Å². The minimum atomic E-state index is -4.56. The van der Waals surface area contributed by atoms with E-state index in [9.17, 15) is 18.0 Å². The fourth-order valence-electron chi connectivity index (χ4n) is 2.75. The van der Waals surface area contributed by atoms with E-state index in [-0.39, 0.29) is 15.4 Å². The minimum absolute atomic E-state index is 0.101. The SMILES string of the molecule is CCc1ccccc1NC(=O)c1sc2nc(C(F)(F)F)cc(C)c2c1N. The molecule has 1 amide bonds. The number of benzene rings is 1. The summed E-state index contributed by atoms with van der Waals surface area (Å²) in [5, 5.41) is 3.17. The number of aromatic nitrogens is 1. The first-order chi connectivity index (χ1) is 12.2. The maximum absolute atomic E-state index is 13.0. The second kappa shape index (κ2) is 6.60. The maximum atomic E-state index is 13.0. The van der Waals surface area contributed by atoms with E-state index >= 15 is 0 Å². The number of carbonyl (C=O) groups is 1. The summed E-state index contributed by atoms with van der Waals surface area (Å²) in [5.74, 6) is -0.459. The number of hydrogen-bond acceptors (Lipinski definition) is 4. The van der Waals surface area contributed by atoms with Crippen LogP contribution in [0.15, 0.2) is 30.3 Å². The number of rotatable bonds is 3. The summed E-state index contributed by atoms with van der Waals surface area (Å²) in [6.45, 7) is 3.49. The average Bonchev–Trinajstić information content (AvgIpc) is 2.92. The summed E-state index contributed by atoms with van der Waals surface area (Å²) in [7, 11) is 0. The second-order valence-corrected chi connectivity index (χ2v) is 6.81. The van der Waals surface area contributed by atoms with Crippen LogP contribution >= 0.6 is 11.3 Å². The summed E-state index contributed by atoms with van der Waals surface area (Å²) in [6.07, 6.45) is -3.83. The first-order valence-electron chi connectivity index (χ1n) is 7.88. The molecule has 8 heteroatoms. The van der Waals surface area contributed by atoms with Crippen LogP contribution in [-0.4, -0.2) is 10.9 Å². The summed E-state index contributed by atoms with van der Waals surface area (Å²) in [4.78, 5) is 16.5. The number of fused-ring (bicyclic) bond motifs is 1. The number of nitrogen functional groups attached to an aromatic ring is 1. The van der Waals surface area contributed by atoms with Gasteiger partial charge in [-0.15, -0.1) is 11.3 Å². The lowest BCUT2D eigenvalue weighted by molar-refractivity contribution is -0.141. The molecule has 2 heterocycles. The molecule has 0 saturated carbocycles. The molecular weight excluding hydrogens is 363 g/mol. The van der Waals surface area contributed by atoms with Crippen LogP contribution in [0.25, 0.3) is 10.2 Å². The molecule has 0 fully saturated rings. The highest BCUT2D eigenvalue weighted by molar-refractivity contribution is 7.21. The summed E-state index contributed by atoms with van der Waals surface area (Å²) in [5.41, 5.74) is 7.15. The van der Waals surface area contributed by atoms with Crippen molar-refractivity contribution in [2.75, 3.05) is 11.1 Å². The van der Waals surface area contributed by atoms with E-state index in [0.717, 1.165) is 29.4 Å². The van der Waals surface area contributed by atoms with Crippen LogP contribution < -0.4 is 11.1 Å². The van der Waals surface area contributed by atoms with Crippen LogP contribution in [0, 0.1) is 6.92 Å². The number of halogens is 3. The normalized spacial score (nSPS) is 11.7. The van der Waals surface area contributed by atoms with Gasteiger partial charge in [-0.05, 0) is 36.6 Å². The Kier molecular flexibility index (Phi) is 4.62. The fraction of sp³-hybridized carbons (Fsp3) is 0.222. The number of alkyl halides is 3. The molecule has 0 aliphatic carbocycles. The third-order valence-electron chi connectivity index (χ3n) is 4.04. The number of carbonyl (C=O) groups excluding carboxylic acids is 1. The molecule has 0 bridgehead atoms. The lowest BCUT2D eigenvalue weighted by Crippen LogP contribution is -2.13. The van der Waals surface area contributed by atoms with Gasteiger partial charge in [0.05, 0.1) is 5.69 Å². The summed E-state index contributed by atoms with van der Waals surface area (Å²) in [6, 6.07) is 8.27. The quantitative estimate of drug-likeness (QED) is 0.671. The van der Waals surface area contributed by atoms with E-state index < -0.39 is 17.8 Å². The first kappa shape index (κ1) is 18.2. The molecule has 4 nitrogen and oxygen atoms in total. The van der Waals surface area contributed by atoms with E-state index in [0.29, 0.717) is 16.6 Å². The Labute approximate surface area is 151 Å². The number of aryl methyl sites for hydroxylation is 2. The van der Waals surface area contributed by atoms with Gasteiger partial charge in [0.1, 0.15) is 15.4 Å². The predicted molar refractivity (Wildman–Crippen MR) is 97.5 cm³/mol. The van der Waals surface area contributed by atoms with Crippen LogP contribution in [-0.2, 0) is 12.6 Å². The summed E-state index contributed by atoms with van der Waals surface area (Å²) >= 11 is 0.861. The molecule has 1 aromatic carbocycles. The van der Waals surface area contributed by atoms with Gasteiger partial charge in [0, 0.05) is 11.1 Å². The molecule has 0 radical (unpaired) electrons. The van der Waals surface area contributed by atoms with E-state index in [1.807, 2.05) is 19.1 Å². The molecule has 2 aromatic heterocycles. The van der Waals surface area contributed by atoms with Gasteiger partial charge in [-0.25, -0.2) is 4.98 Å². The van der Waals surface area contributed by atoms with Crippen molar-refractivity contribution in [1.29, 1.82) is 0 Å². The highest BCUT2D eigenvalue weighted by Crippen LogP contribution is 2.38. The Morgan fingerprint density at radius 1 is 1.31 bits per heavy atom. The number of pyridine rings is 1. The third kappa shape index (κ3) is 3.24. The highest BCUT2D eigenvalue weighted by Gasteiger charge is 2.34. The van der Waals surface area contributed by atoms with Crippen molar-refractivity contribution in [1.82, 2.24) is 4.98 Å². The Morgan fingerprint density at radius 3 is 2.65 bits per heavy atom. The van der Waals surface area contributed by atoms with Crippen LogP contribution in [0.2, 0.25) is 0 Å². The molecule has 0 unspecified atom stereocenters. The van der Waals surface area contributed by atoms with Gasteiger partial charge in [-0.3, -0.25) is 4.79 Å². The molecule has 0 aliphatic rings. The van der Waals surface area contributed by atoms with E-state index in [1.165, 1.54) is 6.92 Å². The standard InChI is InChI=1S/C18H16F3N3OS/c1-3-10-6-4-5-7-11(10)23-16(25)15-14(22)13-9(2)8-12(18(19,20)21)24-17(13)26-15/h4-8H,3,22H2,1-2H3,(H,23,25).